The van der Waals surface area contributed by atoms with Crippen LogP contribution in [0.2, 0.25) is 0 Å². The molecule has 1 heteroatoms. The molecule has 1 atom stereocenters. The lowest BCUT2D eigenvalue weighted by Gasteiger charge is -2.06. The normalized spacial score (nSPS) is 10.6. The summed E-state index contributed by atoms with van der Waals surface area (Å²) in [5, 5.41) is 9.96. The largest absolute Gasteiger partial charge is 0.376 e. The number of rotatable bonds is 1. The van der Waals surface area contributed by atoms with Gasteiger partial charge >= 0.3 is 0 Å². The van der Waals surface area contributed by atoms with Crippen molar-refractivity contribution >= 4 is 0 Å². The molecule has 0 fully saturated rings. The van der Waals surface area contributed by atoms with E-state index in [0.717, 1.165) is 16.7 Å². The summed E-state index contributed by atoms with van der Waals surface area (Å²) in [5.74, 6) is 11.1. The highest BCUT2D eigenvalue weighted by Crippen LogP contribution is 2.15. The van der Waals surface area contributed by atoms with Gasteiger partial charge < -0.3 is 5.11 Å². The third kappa shape index (κ3) is 3.75. The molecular formula is C18H14O. The third-order valence-electron chi connectivity index (χ3n) is 2.74. The highest BCUT2D eigenvalue weighted by atomic mass is 16.3. The van der Waals surface area contributed by atoms with Crippen LogP contribution in [-0.2, 0) is 0 Å². The molecule has 0 bridgehead atoms. The van der Waals surface area contributed by atoms with Gasteiger partial charge in [0.15, 0.2) is 0 Å². The summed E-state index contributed by atoms with van der Waals surface area (Å²) in [5.41, 5.74) is 2.78. The summed E-state index contributed by atoms with van der Waals surface area (Å²) < 4.78 is 0. The Morgan fingerprint density at radius 2 is 1.58 bits per heavy atom. The van der Waals surface area contributed by atoms with Crippen LogP contribution in [0, 0.1) is 30.6 Å². The predicted molar refractivity (Wildman–Crippen MR) is 77.2 cm³/mol. The van der Waals surface area contributed by atoms with Crippen LogP contribution in [0.1, 0.15) is 22.8 Å². The Morgan fingerprint density at radius 3 is 2.32 bits per heavy atom. The number of hydrogen-bond acceptors (Lipinski definition) is 1. The van der Waals surface area contributed by atoms with Gasteiger partial charge in [0.05, 0.1) is 0 Å². The molecule has 0 saturated carbocycles. The molecule has 0 aliphatic rings. The molecule has 0 aromatic heterocycles. The van der Waals surface area contributed by atoms with E-state index in [1.807, 2.05) is 61.5 Å². The Labute approximate surface area is 113 Å². The Kier molecular flexibility index (Phi) is 4.40. The van der Waals surface area contributed by atoms with Gasteiger partial charge in [-0.15, -0.1) is 0 Å². The Balaban J connectivity index is 2.09. The third-order valence-corrected chi connectivity index (χ3v) is 2.74. The smallest absolute Gasteiger partial charge is 0.141 e. The first-order chi connectivity index (χ1) is 9.27. The number of hydrogen-bond donors (Lipinski definition) is 1. The standard InChI is InChI=1S/C18H14O/c1-15-9-5-7-13-17(15)18(19)14-8-6-12-16-10-3-2-4-11-16/h2-5,7,9-11,13,18-19H,1H3. The average Bonchev–Trinajstić information content (AvgIpc) is 2.45. The van der Waals surface area contributed by atoms with Gasteiger partial charge in [0.25, 0.3) is 0 Å². The molecule has 0 aliphatic carbocycles. The lowest BCUT2D eigenvalue weighted by atomic mass is 10.0. The van der Waals surface area contributed by atoms with Crippen LogP contribution in [-0.4, -0.2) is 5.11 Å². The summed E-state index contributed by atoms with van der Waals surface area (Å²) in [6.45, 7) is 1.95. The topological polar surface area (TPSA) is 20.2 Å². The minimum absolute atomic E-state index is 0.786. The highest BCUT2D eigenvalue weighted by Gasteiger charge is 2.04. The summed E-state index contributed by atoms with van der Waals surface area (Å²) in [6, 6.07) is 17.3. The van der Waals surface area contributed by atoms with Gasteiger partial charge in [-0.2, -0.15) is 0 Å². The zero-order valence-electron chi connectivity index (χ0n) is 10.7. The summed E-state index contributed by atoms with van der Waals surface area (Å²) in [6.07, 6.45) is -0.786. The summed E-state index contributed by atoms with van der Waals surface area (Å²) >= 11 is 0. The molecule has 1 unspecified atom stereocenters. The van der Waals surface area contributed by atoms with Gasteiger partial charge in [-0.1, -0.05) is 54.3 Å². The van der Waals surface area contributed by atoms with Crippen molar-refractivity contribution in [1.29, 1.82) is 0 Å². The fraction of sp³-hybridized carbons (Fsp3) is 0.111. The second-order valence-corrected chi connectivity index (χ2v) is 4.14. The maximum Gasteiger partial charge on any atom is 0.141 e. The number of aliphatic hydroxyl groups is 1. The Morgan fingerprint density at radius 1 is 0.895 bits per heavy atom. The highest BCUT2D eigenvalue weighted by molar-refractivity contribution is 5.41. The molecule has 1 nitrogen and oxygen atoms in total. The molecule has 0 amide bonds. The minimum atomic E-state index is -0.786. The van der Waals surface area contributed by atoms with Crippen LogP contribution < -0.4 is 0 Å². The monoisotopic (exact) mass is 246 g/mol. The molecule has 0 aliphatic heterocycles. The van der Waals surface area contributed by atoms with Crippen molar-refractivity contribution in [2.45, 2.75) is 13.0 Å². The van der Waals surface area contributed by atoms with Gasteiger partial charge in [-0.3, -0.25) is 0 Å². The van der Waals surface area contributed by atoms with Crippen LogP contribution in [0.5, 0.6) is 0 Å². The minimum Gasteiger partial charge on any atom is -0.376 e. The van der Waals surface area contributed by atoms with Crippen molar-refractivity contribution in [3.63, 3.8) is 0 Å². The molecular weight excluding hydrogens is 232 g/mol. The van der Waals surface area contributed by atoms with Crippen molar-refractivity contribution in [3.8, 4) is 23.7 Å². The second-order valence-electron chi connectivity index (χ2n) is 4.14. The summed E-state index contributed by atoms with van der Waals surface area (Å²) in [7, 11) is 0. The molecule has 0 saturated heterocycles. The van der Waals surface area contributed by atoms with Crippen LogP contribution >= 0.6 is 0 Å². The van der Waals surface area contributed by atoms with Gasteiger partial charge in [0.2, 0.25) is 0 Å². The first-order valence-corrected chi connectivity index (χ1v) is 6.07. The molecule has 2 aromatic carbocycles. The van der Waals surface area contributed by atoms with E-state index >= 15 is 0 Å². The predicted octanol–water partition coefficient (Wildman–Crippen LogP) is 3.08. The van der Waals surface area contributed by atoms with Crippen LogP contribution in [0.4, 0.5) is 0 Å². The van der Waals surface area contributed by atoms with Crippen molar-refractivity contribution in [2.75, 3.05) is 0 Å². The molecule has 1 N–H and O–H groups in total. The first kappa shape index (κ1) is 13.0. The van der Waals surface area contributed by atoms with E-state index in [1.165, 1.54) is 0 Å². The van der Waals surface area contributed by atoms with E-state index in [1.54, 1.807) is 0 Å². The first-order valence-electron chi connectivity index (χ1n) is 6.07. The molecule has 92 valence electrons. The average molecular weight is 246 g/mol. The van der Waals surface area contributed by atoms with E-state index in [0.29, 0.717) is 0 Å². The van der Waals surface area contributed by atoms with Crippen LogP contribution in [0.15, 0.2) is 54.6 Å². The van der Waals surface area contributed by atoms with Crippen LogP contribution in [0.25, 0.3) is 0 Å². The van der Waals surface area contributed by atoms with E-state index < -0.39 is 6.10 Å². The fourth-order valence-electron chi connectivity index (χ4n) is 1.70. The summed E-state index contributed by atoms with van der Waals surface area (Å²) in [4.78, 5) is 0. The number of benzene rings is 2. The van der Waals surface area contributed by atoms with Gasteiger partial charge in [-0.25, -0.2) is 0 Å². The number of aliphatic hydroxyl groups excluding tert-OH is 1. The Hall–Kier alpha value is -2.48. The van der Waals surface area contributed by atoms with Crippen molar-refractivity contribution in [3.05, 3.63) is 71.3 Å². The van der Waals surface area contributed by atoms with E-state index in [2.05, 4.69) is 23.7 Å². The van der Waals surface area contributed by atoms with E-state index in [-0.39, 0.29) is 0 Å². The van der Waals surface area contributed by atoms with Crippen molar-refractivity contribution < 1.29 is 5.11 Å². The van der Waals surface area contributed by atoms with Gasteiger partial charge in [0.1, 0.15) is 6.10 Å². The zero-order chi connectivity index (χ0) is 13.5. The van der Waals surface area contributed by atoms with E-state index in [4.69, 9.17) is 0 Å². The maximum atomic E-state index is 9.96. The lowest BCUT2D eigenvalue weighted by molar-refractivity contribution is 0.237. The van der Waals surface area contributed by atoms with E-state index in [9.17, 15) is 5.11 Å². The molecule has 0 radical (unpaired) electrons. The second kappa shape index (κ2) is 6.45. The van der Waals surface area contributed by atoms with Crippen molar-refractivity contribution in [1.82, 2.24) is 0 Å². The SMILES string of the molecule is Cc1ccccc1C(O)C#CC#Cc1ccccc1. The molecule has 2 rings (SSSR count). The van der Waals surface area contributed by atoms with Crippen LogP contribution in [0.3, 0.4) is 0 Å². The van der Waals surface area contributed by atoms with Crippen molar-refractivity contribution in [2.24, 2.45) is 0 Å². The molecule has 0 heterocycles. The number of aryl methyl sites for hydroxylation is 1. The fourth-order valence-corrected chi connectivity index (χ4v) is 1.70. The molecule has 2 aromatic rings. The quantitative estimate of drug-likeness (QED) is 0.767. The Bertz CT molecular complexity index is 663. The maximum absolute atomic E-state index is 9.96. The molecule has 19 heavy (non-hydrogen) atoms. The lowest BCUT2D eigenvalue weighted by Crippen LogP contribution is -1.96. The van der Waals surface area contributed by atoms with Gasteiger partial charge in [-0.05, 0) is 42.0 Å². The molecule has 0 spiro atoms. The zero-order valence-corrected chi connectivity index (χ0v) is 10.7. The van der Waals surface area contributed by atoms with Gasteiger partial charge in [0, 0.05) is 5.56 Å².